The average Bonchev–Trinajstić information content (AvgIpc) is 3.18. The Morgan fingerprint density at radius 3 is 3.05 bits per heavy atom. The van der Waals surface area contributed by atoms with Gasteiger partial charge in [0.25, 0.3) is 0 Å². The largest absolute Gasteiger partial charge is 0.494 e. The summed E-state index contributed by atoms with van der Waals surface area (Å²) in [4.78, 5) is 0. The van der Waals surface area contributed by atoms with Crippen LogP contribution in [-0.4, -0.2) is 22.8 Å². The molecule has 1 fully saturated rings. The molecule has 6 nitrogen and oxygen atoms in total. The van der Waals surface area contributed by atoms with Crippen LogP contribution in [0.25, 0.3) is 0 Å². The molecule has 3 rings (SSSR count). The van der Waals surface area contributed by atoms with Crippen molar-refractivity contribution in [3.05, 3.63) is 30.2 Å². The number of nitrogens with one attached hydrogen (secondary N) is 2. The van der Waals surface area contributed by atoms with Crippen molar-refractivity contribution >= 4 is 11.7 Å². The molecule has 106 valence electrons. The first kappa shape index (κ1) is 12.9. The Morgan fingerprint density at radius 1 is 1.35 bits per heavy atom. The van der Waals surface area contributed by atoms with E-state index in [1.807, 2.05) is 31.2 Å². The van der Waals surface area contributed by atoms with Gasteiger partial charge in [0.2, 0.25) is 5.89 Å². The second kappa shape index (κ2) is 5.92. The van der Waals surface area contributed by atoms with E-state index in [2.05, 4.69) is 20.8 Å². The zero-order valence-electron chi connectivity index (χ0n) is 11.4. The third-order valence-corrected chi connectivity index (χ3v) is 2.98. The Hall–Kier alpha value is -2.08. The third kappa shape index (κ3) is 3.48. The summed E-state index contributed by atoms with van der Waals surface area (Å²) in [6.45, 7) is 3.22. The van der Waals surface area contributed by atoms with Gasteiger partial charge < -0.3 is 19.8 Å². The molecule has 2 N–H and O–H groups in total. The van der Waals surface area contributed by atoms with E-state index in [1.54, 1.807) is 0 Å². The highest BCUT2D eigenvalue weighted by Crippen LogP contribution is 2.22. The molecule has 6 heteroatoms. The number of anilines is 2. The number of hydrogen-bond acceptors (Lipinski definition) is 6. The van der Waals surface area contributed by atoms with Crippen LogP contribution in [0.1, 0.15) is 25.7 Å². The predicted octanol–water partition coefficient (Wildman–Crippen LogP) is 2.46. The van der Waals surface area contributed by atoms with Crippen molar-refractivity contribution in [3.63, 3.8) is 0 Å². The van der Waals surface area contributed by atoms with Crippen LogP contribution in [0, 0.1) is 0 Å². The first-order valence-electron chi connectivity index (χ1n) is 6.89. The lowest BCUT2D eigenvalue weighted by Gasteiger charge is -2.05. The smallest absolute Gasteiger partial charge is 0.320 e. The maximum atomic E-state index is 5.53. The summed E-state index contributed by atoms with van der Waals surface area (Å²) in [5.41, 5.74) is 0.862. The molecule has 20 heavy (non-hydrogen) atoms. The average molecular weight is 274 g/mol. The van der Waals surface area contributed by atoms with Crippen LogP contribution in [0.4, 0.5) is 11.7 Å². The summed E-state index contributed by atoms with van der Waals surface area (Å²) in [6.07, 6.45) is 2.48. The Balaban J connectivity index is 1.60. The summed E-state index contributed by atoms with van der Waals surface area (Å²) in [6, 6.07) is 8.67. The van der Waals surface area contributed by atoms with Crippen LogP contribution in [0.2, 0.25) is 0 Å². The molecule has 0 aliphatic heterocycles. The standard InChI is InChI=1S/C14H18N4O2/c1-2-19-12-5-3-4-11(8-12)16-14-18-17-13(20-14)9-15-10-6-7-10/h3-5,8,10,15H,2,6-7,9H2,1H3,(H,16,18). The molecule has 0 unspecified atom stereocenters. The minimum atomic E-state index is 0.395. The monoisotopic (exact) mass is 274 g/mol. The third-order valence-electron chi connectivity index (χ3n) is 2.98. The van der Waals surface area contributed by atoms with Crippen LogP contribution in [-0.2, 0) is 6.54 Å². The number of ether oxygens (including phenoxy) is 1. The van der Waals surface area contributed by atoms with Crippen LogP contribution in [0.15, 0.2) is 28.7 Å². The summed E-state index contributed by atoms with van der Waals surface area (Å²) < 4.78 is 11.0. The Bertz CT molecular complexity index is 566. The van der Waals surface area contributed by atoms with Gasteiger partial charge in [-0.05, 0) is 31.9 Å². The second-order valence-corrected chi connectivity index (χ2v) is 4.74. The fraction of sp³-hybridized carbons (Fsp3) is 0.429. The molecule has 0 bridgehead atoms. The highest BCUT2D eigenvalue weighted by Gasteiger charge is 2.21. The fourth-order valence-corrected chi connectivity index (χ4v) is 1.85. The topological polar surface area (TPSA) is 72.2 Å². The van der Waals surface area contributed by atoms with Crippen LogP contribution < -0.4 is 15.4 Å². The molecule has 1 aliphatic carbocycles. The molecule has 0 saturated heterocycles. The van der Waals surface area contributed by atoms with Crippen molar-refractivity contribution < 1.29 is 9.15 Å². The number of aromatic nitrogens is 2. The molecule has 1 aliphatic rings. The zero-order valence-corrected chi connectivity index (χ0v) is 11.4. The van der Waals surface area contributed by atoms with Gasteiger partial charge in [0.05, 0.1) is 13.2 Å². The molecule has 0 radical (unpaired) electrons. The van der Waals surface area contributed by atoms with E-state index in [4.69, 9.17) is 9.15 Å². The van der Waals surface area contributed by atoms with Crippen molar-refractivity contribution in [2.45, 2.75) is 32.4 Å². The van der Waals surface area contributed by atoms with Gasteiger partial charge in [-0.25, -0.2) is 0 Å². The summed E-state index contributed by atoms with van der Waals surface area (Å²) in [7, 11) is 0. The first-order valence-corrected chi connectivity index (χ1v) is 6.89. The van der Waals surface area contributed by atoms with Crippen molar-refractivity contribution in [2.75, 3.05) is 11.9 Å². The summed E-state index contributed by atoms with van der Waals surface area (Å²) in [5, 5.41) is 14.4. The maximum Gasteiger partial charge on any atom is 0.320 e. The lowest BCUT2D eigenvalue weighted by atomic mass is 10.3. The normalized spacial score (nSPS) is 14.2. The van der Waals surface area contributed by atoms with Gasteiger partial charge in [0.15, 0.2) is 0 Å². The molecule has 0 atom stereocenters. The number of hydrogen-bond donors (Lipinski definition) is 2. The number of benzene rings is 1. The van der Waals surface area contributed by atoms with Crippen molar-refractivity contribution in [2.24, 2.45) is 0 Å². The second-order valence-electron chi connectivity index (χ2n) is 4.74. The molecule has 1 saturated carbocycles. The van der Waals surface area contributed by atoms with E-state index < -0.39 is 0 Å². The van der Waals surface area contributed by atoms with Crippen molar-refractivity contribution in [1.29, 1.82) is 0 Å². The predicted molar refractivity (Wildman–Crippen MR) is 75.1 cm³/mol. The maximum absolute atomic E-state index is 5.53. The molecule has 0 spiro atoms. The van der Waals surface area contributed by atoms with Gasteiger partial charge in [0.1, 0.15) is 5.75 Å². The Morgan fingerprint density at radius 2 is 2.25 bits per heavy atom. The van der Waals surface area contributed by atoms with Gasteiger partial charge >= 0.3 is 6.01 Å². The molecular weight excluding hydrogens is 256 g/mol. The van der Waals surface area contributed by atoms with E-state index in [9.17, 15) is 0 Å². The lowest BCUT2D eigenvalue weighted by Crippen LogP contribution is -2.15. The number of nitrogens with zero attached hydrogens (tertiary/aromatic N) is 2. The van der Waals surface area contributed by atoms with Crippen molar-refractivity contribution in [3.8, 4) is 5.75 Å². The molecule has 1 heterocycles. The SMILES string of the molecule is CCOc1cccc(Nc2nnc(CNC3CC3)o2)c1. The van der Waals surface area contributed by atoms with Crippen LogP contribution in [0.5, 0.6) is 5.75 Å². The van der Waals surface area contributed by atoms with E-state index in [0.717, 1.165) is 11.4 Å². The highest BCUT2D eigenvalue weighted by molar-refractivity contribution is 5.54. The van der Waals surface area contributed by atoms with Crippen LogP contribution in [0.3, 0.4) is 0 Å². The Labute approximate surface area is 117 Å². The quantitative estimate of drug-likeness (QED) is 0.808. The van der Waals surface area contributed by atoms with Gasteiger partial charge in [-0.1, -0.05) is 11.2 Å². The first-order chi connectivity index (χ1) is 9.83. The summed E-state index contributed by atoms with van der Waals surface area (Å²) in [5.74, 6) is 1.41. The van der Waals surface area contributed by atoms with Gasteiger partial charge in [-0.15, -0.1) is 5.10 Å². The van der Waals surface area contributed by atoms with E-state index in [-0.39, 0.29) is 0 Å². The van der Waals surface area contributed by atoms with Crippen molar-refractivity contribution in [1.82, 2.24) is 15.5 Å². The zero-order chi connectivity index (χ0) is 13.8. The summed E-state index contributed by atoms with van der Waals surface area (Å²) >= 11 is 0. The number of rotatable bonds is 7. The molecule has 1 aromatic carbocycles. The van der Waals surface area contributed by atoms with E-state index >= 15 is 0 Å². The minimum absolute atomic E-state index is 0.395. The van der Waals surface area contributed by atoms with E-state index in [0.29, 0.717) is 31.1 Å². The Kier molecular flexibility index (Phi) is 3.83. The van der Waals surface area contributed by atoms with Crippen LogP contribution >= 0.6 is 0 Å². The van der Waals surface area contributed by atoms with Gasteiger partial charge in [0, 0.05) is 17.8 Å². The van der Waals surface area contributed by atoms with E-state index in [1.165, 1.54) is 12.8 Å². The molecular formula is C14H18N4O2. The minimum Gasteiger partial charge on any atom is -0.494 e. The van der Waals surface area contributed by atoms with Gasteiger partial charge in [-0.3, -0.25) is 0 Å². The lowest BCUT2D eigenvalue weighted by molar-refractivity contribution is 0.340. The molecule has 0 amide bonds. The van der Waals surface area contributed by atoms with Gasteiger partial charge in [-0.2, -0.15) is 0 Å². The molecule has 2 aromatic rings. The molecule has 1 aromatic heterocycles. The fourth-order valence-electron chi connectivity index (χ4n) is 1.85. The highest BCUT2D eigenvalue weighted by atomic mass is 16.5.